The largest absolute Gasteiger partial charge is 0.407 e. The minimum absolute atomic E-state index is 0.167. The van der Waals surface area contributed by atoms with E-state index in [0.717, 1.165) is 13.0 Å². The summed E-state index contributed by atoms with van der Waals surface area (Å²) < 4.78 is 5.51. The lowest BCUT2D eigenvalue weighted by molar-refractivity contribution is 0.297. The monoisotopic (exact) mass is 224 g/mol. The van der Waals surface area contributed by atoms with Crippen LogP contribution in [-0.2, 0) is 6.54 Å². The molecule has 0 unspecified atom stereocenters. The summed E-state index contributed by atoms with van der Waals surface area (Å²) in [6.07, 6.45) is 4.75. The number of hydrogen-bond donors (Lipinski definition) is 2. The molecule has 1 aromatic heterocycles. The van der Waals surface area contributed by atoms with Crippen LogP contribution < -0.4 is 10.6 Å². The van der Waals surface area contributed by atoms with Crippen LogP contribution in [0.1, 0.15) is 45.4 Å². The standard InChI is InChI=1S/C11H20N4O/c1-3-7-12-8-9-14-15-10(16-9)13-11(2)5-4-6-11/h12H,3-8H2,1-2H3,(H,13,15). The first kappa shape index (κ1) is 11.4. The van der Waals surface area contributed by atoms with Gasteiger partial charge in [-0.1, -0.05) is 12.0 Å². The van der Waals surface area contributed by atoms with E-state index in [2.05, 4.69) is 34.7 Å². The second kappa shape index (κ2) is 4.82. The molecule has 0 saturated heterocycles. The van der Waals surface area contributed by atoms with Crippen molar-refractivity contribution in [1.29, 1.82) is 0 Å². The molecule has 0 aliphatic heterocycles. The van der Waals surface area contributed by atoms with Gasteiger partial charge in [0, 0.05) is 5.54 Å². The van der Waals surface area contributed by atoms with Crippen molar-refractivity contribution in [1.82, 2.24) is 15.5 Å². The van der Waals surface area contributed by atoms with E-state index in [0.29, 0.717) is 18.5 Å². The Labute approximate surface area is 96.0 Å². The SMILES string of the molecule is CCCNCc1nnc(NC2(C)CCC2)o1. The second-order valence-electron chi connectivity index (χ2n) is 4.72. The van der Waals surface area contributed by atoms with Gasteiger partial charge in [-0.3, -0.25) is 0 Å². The Balaban J connectivity index is 1.82. The fourth-order valence-corrected chi connectivity index (χ4v) is 1.84. The smallest absolute Gasteiger partial charge is 0.315 e. The first-order valence-corrected chi connectivity index (χ1v) is 6.03. The van der Waals surface area contributed by atoms with Crippen molar-refractivity contribution in [2.24, 2.45) is 0 Å². The third-order valence-corrected chi connectivity index (χ3v) is 3.04. The lowest BCUT2D eigenvalue weighted by Crippen LogP contribution is -2.41. The Morgan fingerprint density at radius 1 is 1.38 bits per heavy atom. The summed E-state index contributed by atoms with van der Waals surface area (Å²) in [6.45, 7) is 5.95. The molecule has 0 radical (unpaired) electrons. The summed E-state index contributed by atoms with van der Waals surface area (Å²) in [6, 6.07) is 0.551. The quantitative estimate of drug-likeness (QED) is 0.723. The highest BCUT2D eigenvalue weighted by Crippen LogP contribution is 2.34. The van der Waals surface area contributed by atoms with E-state index >= 15 is 0 Å². The molecule has 1 aromatic rings. The molecule has 1 heterocycles. The van der Waals surface area contributed by atoms with Crippen LogP contribution in [0, 0.1) is 0 Å². The van der Waals surface area contributed by atoms with Gasteiger partial charge in [-0.05, 0) is 39.2 Å². The van der Waals surface area contributed by atoms with Gasteiger partial charge in [0.2, 0.25) is 5.89 Å². The van der Waals surface area contributed by atoms with E-state index in [9.17, 15) is 0 Å². The molecule has 0 spiro atoms. The molecule has 2 rings (SSSR count). The minimum atomic E-state index is 0.167. The van der Waals surface area contributed by atoms with E-state index in [1.54, 1.807) is 0 Å². The van der Waals surface area contributed by atoms with Crippen LogP contribution in [0.25, 0.3) is 0 Å². The molecule has 1 aliphatic carbocycles. The van der Waals surface area contributed by atoms with E-state index in [-0.39, 0.29) is 5.54 Å². The van der Waals surface area contributed by atoms with Gasteiger partial charge in [0.25, 0.3) is 0 Å². The Kier molecular flexibility index (Phi) is 3.43. The fourth-order valence-electron chi connectivity index (χ4n) is 1.84. The maximum absolute atomic E-state index is 5.51. The summed E-state index contributed by atoms with van der Waals surface area (Å²) >= 11 is 0. The van der Waals surface area contributed by atoms with Crippen LogP contribution in [0.5, 0.6) is 0 Å². The van der Waals surface area contributed by atoms with Crippen molar-refractivity contribution < 1.29 is 4.42 Å². The molecule has 0 atom stereocenters. The first-order valence-electron chi connectivity index (χ1n) is 6.03. The summed E-state index contributed by atoms with van der Waals surface area (Å²) in [5.41, 5.74) is 0.167. The molecule has 0 aromatic carbocycles. The van der Waals surface area contributed by atoms with Crippen molar-refractivity contribution in [2.75, 3.05) is 11.9 Å². The predicted molar refractivity (Wildman–Crippen MR) is 62.2 cm³/mol. The van der Waals surface area contributed by atoms with Crippen molar-refractivity contribution in [2.45, 2.75) is 51.6 Å². The molecule has 5 nitrogen and oxygen atoms in total. The number of aromatic nitrogens is 2. The molecule has 5 heteroatoms. The number of hydrogen-bond acceptors (Lipinski definition) is 5. The summed E-state index contributed by atoms with van der Waals surface area (Å²) in [4.78, 5) is 0. The number of nitrogens with one attached hydrogen (secondary N) is 2. The van der Waals surface area contributed by atoms with Gasteiger partial charge in [-0.15, -0.1) is 5.10 Å². The van der Waals surface area contributed by atoms with E-state index in [1.807, 2.05) is 0 Å². The molecule has 0 bridgehead atoms. The number of rotatable bonds is 6. The van der Waals surface area contributed by atoms with Gasteiger partial charge in [0.05, 0.1) is 6.54 Å². The summed E-state index contributed by atoms with van der Waals surface area (Å²) in [7, 11) is 0. The molecule has 1 fully saturated rings. The van der Waals surface area contributed by atoms with Crippen molar-refractivity contribution >= 4 is 6.01 Å². The van der Waals surface area contributed by atoms with Crippen LogP contribution in [0.3, 0.4) is 0 Å². The normalized spacial score (nSPS) is 18.1. The highest BCUT2D eigenvalue weighted by Gasteiger charge is 2.32. The average molecular weight is 224 g/mol. The van der Waals surface area contributed by atoms with Crippen molar-refractivity contribution in [3.8, 4) is 0 Å². The predicted octanol–water partition coefficient (Wildman–Crippen LogP) is 1.92. The highest BCUT2D eigenvalue weighted by molar-refractivity contribution is 5.25. The highest BCUT2D eigenvalue weighted by atomic mass is 16.4. The Hall–Kier alpha value is -1.10. The van der Waals surface area contributed by atoms with E-state index < -0.39 is 0 Å². The molecule has 1 saturated carbocycles. The first-order chi connectivity index (χ1) is 7.72. The lowest BCUT2D eigenvalue weighted by Gasteiger charge is -2.38. The van der Waals surface area contributed by atoms with Crippen molar-refractivity contribution in [3.63, 3.8) is 0 Å². The zero-order valence-electron chi connectivity index (χ0n) is 10.0. The molecule has 90 valence electrons. The van der Waals surface area contributed by atoms with Gasteiger partial charge < -0.3 is 15.1 Å². The molecule has 16 heavy (non-hydrogen) atoms. The topological polar surface area (TPSA) is 63.0 Å². The average Bonchev–Trinajstić information content (AvgIpc) is 2.64. The molecule has 0 amide bonds. The fraction of sp³-hybridized carbons (Fsp3) is 0.818. The van der Waals surface area contributed by atoms with Crippen LogP contribution in [0.15, 0.2) is 4.42 Å². The van der Waals surface area contributed by atoms with Crippen LogP contribution in [-0.4, -0.2) is 22.3 Å². The van der Waals surface area contributed by atoms with Gasteiger partial charge in [-0.2, -0.15) is 0 Å². The molecular weight excluding hydrogens is 204 g/mol. The van der Waals surface area contributed by atoms with Crippen molar-refractivity contribution in [3.05, 3.63) is 5.89 Å². The van der Waals surface area contributed by atoms with Crippen LogP contribution >= 0.6 is 0 Å². The molecule has 2 N–H and O–H groups in total. The maximum atomic E-state index is 5.51. The van der Waals surface area contributed by atoms with Crippen LogP contribution in [0.2, 0.25) is 0 Å². The summed E-state index contributed by atoms with van der Waals surface area (Å²) in [5, 5.41) is 14.5. The minimum Gasteiger partial charge on any atom is -0.407 e. The third-order valence-electron chi connectivity index (χ3n) is 3.04. The van der Waals surface area contributed by atoms with Gasteiger partial charge in [0.1, 0.15) is 0 Å². The number of nitrogens with zero attached hydrogens (tertiary/aromatic N) is 2. The zero-order valence-corrected chi connectivity index (χ0v) is 10.0. The maximum Gasteiger partial charge on any atom is 0.315 e. The lowest BCUT2D eigenvalue weighted by atomic mass is 9.79. The number of anilines is 1. The summed E-state index contributed by atoms with van der Waals surface area (Å²) in [5.74, 6) is 0.652. The Morgan fingerprint density at radius 2 is 2.19 bits per heavy atom. The van der Waals surface area contributed by atoms with E-state index in [1.165, 1.54) is 19.3 Å². The van der Waals surface area contributed by atoms with E-state index in [4.69, 9.17) is 4.42 Å². The Bertz CT molecular complexity index is 332. The third kappa shape index (κ3) is 2.72. The molecule has 1 aliphatic rings. The van der Waals surface area contributed by atoms with Crippen LogP contribution in [0.4, 0.5) is 6.01 Å². The van der Waals surface area contributed by atoms with Gasteiger partial charge in [-0.25, -0.2) is 0 Å². The van der Waals surface area contributed by atoms with Gasteiger partial charge in [0.15, 0.2) is 0 Å². The zero-order chi connectivity index (χ0) is 11.4. The Morgan fingerprint density at radius 3 is 2.81 bits per heavy atom. The second-order valence-corrected chi connectivity index (χ2v) is 4.72. The van der Waals surface area contributed by atoms with Gasteiger partial charge >= 0.3 is 6.01 Å². The molecular formula is C11H20N4O.